The Morgan fingerprint density at radius 3 is 2.72 bits per heavy atom. The Bertz CT molecular complexity index is 619. The number of hydrogen-bond donors (Lipinski definition) is 1. The highest BCUT2D eigenvalue weighted by Crippen LogP contribution is 2.30. The highest BCUT2D eigenvalue weighted by molar-refractivity contribution is 5.99. The second kappa shape index (κ2) is 4.29. The van der Waals surface area contributed by atoms with Crippen molar-refractivity contribution in [1.82, 2.24) is 9.55 Å². The van der Waals surface area contributed by atoms with Gasteiger partial charge >= 0.3 is 5.97 Å². The Morgan fingerprint density at radius 2 is 2.22 bits per heavy atom. The number of rotatable bonds is 3. The molecule has 5 nitrogen and oxygen atoms in total. The minimum Gasteiger partial charge on any atom is -0.478 e. The number of aryl methyl sites for hydroxylation is 1. The van der Waals surface area contributed by atoms with Crippen molar-refractivity contribution in [1.29, 1.82) is 0 Å². The Labute approximate surface area is 103 Å². The van der Waals surface area contributed by atoms with Crippen LogP contribution in [-0.4, -0.2) is 34.7 Å². The summed E-state index contributed by atoms with van der Waals surface area (Å²) in [7, 11) is 3.23. The maximum Gasteiger partial charge on any atom is 0.337 e. The number of anilines is 1. The third kappa shape index (κ3) is 1.70. The molecule has 2 aromatic rings. The van der Waals surface area contributed by atoms with Gasteiger partial charge in [0.2, 0.25) is 0 Å². The number of carboxylic acid groups (broad SMARTS) is 1. The van der Waals surface area contributed by atoms with Gasteiger partial charge in [0.25, 0.3) is 0 Å². The molecule has 0 aliphatic heterocycles. The first-order chi connectivity index (χ1) is 8.47. The minimum atomic E-state index is -1.16. The lowest BCUT2D eigenvalue weighted by Crippen LogP contribution is -2.16. The summed E-state index contributed by atoms with van der Waals surface area (Å²) in [6.07, 6.45) is 1.51. The van der Waals surface area contributed by atoms with Gasteiger partial charge in [-0.2, -0.15) is 0 Å². The molecule has 0 aliphatic rings. The van der Waals surface area contributed by atoms with E-state index in [4.69, 9.17) is 5.11 Å². The van der Waals surface area contributed by atoms with Gasteiger partial charge in [-0.1, -0.05) is 0 Å². The highest BCUT2D eigenvalue weighted by atomic mass is 19.1. The van der Waals surface area contributed by atoms with Crippen molar-refractivity contribution >= 4 is 22.7 Å². The summed E-state index contributed by atoms with van der Waals surface area (Å²) in [4.78, 5) is 16.7. The summed E-state index contributed by atoms with van der Waals surface area (Å²) in [5.41, 5.74) is 0.695. The smallest absolute Gasteiger partial charge is 0.337 e. The normalized spacial score (nSPS) is 10.9. The van der Waals surface area contributed by atoms with Crippen molar-refractivity contribution in [2.24, 2.45) is 0 Å². The zero-order valence-electron chi connectivity index (χ0n) is 10.4. The van der Waals surface area contributed by atoms with Crippen LogP contribution in [0.15, 0.2) is 12.4 Å². The molecule has 0 fully saturated rings. The predicted molar refractivity (Wildman–Crippen MR) is 66.7 cm³/mol. The topological polar surface area (TPSA) is 58.4 Å². The maximum absolute atomic E-state index is 14.5. The van der Waals surface area contributed by atoms with Crippen LogP contribution in [0.1, 0.15) is 17.3 Å². The number of carbonyl (C=O) groups is 1. The lowest BCUT2D eigenvalue weighted by molar-refractivity contribution is 0.0697. The molecule has 96 valence electrons. The van der Waals surface area contributed by atoms with Crippen molar-refractivity contribution < 1.29 is 14.3 Å². The fourth-order valence-corrected chi connectivity index (χ4v) is 2.02. The summed E-state index contributed by atoms with van der Waals surface area (Å²) in [6, 6.07) is 1.40. The molecule has 2 rings (SSSR count). The van der Waals surface area contributed by atoms with Crippen LogP contribution in [0.2, 0.25) is 0 Å². The molecule has 0 spiro atoms. The molecule has 1 N–H and O–H groups in total. The SMILES string of the molecule is CCn1cnc2cc(C(=O)O)c(N(C)C)c(F)c21. The monoisotopic (exact) mass is 251 g/mol. The van der Waals surface area contributed by atoms with Crippen molar-refractivity contribution in [3.63, 3.8) is 0 Å². The zero-order valence-corrected chi connectivity index (χ0v) is 10.4. The number of halogens is 1. The molecule has 0 atom stereocenters. The number of hydrogen-bond acceptors (Lipinski definition) is 3. The molecule has 0 bridgehead atoms. The van der Waals surface area contributed by atoms with Gasteiger partial charge in [-0.3, -0.25) is 0 Å². The maximum atomic E-state index is 14.5. The first kappa shape index (κ1) is 12.3. The number of aromatic carboxylic acids is 1. The van der Waals surface area contributed by atoms with Gasteiger partial charge in [0.05, 0.1) is 23.1 Å². The number of benzene rings is 1. The van der Waals surface area contributed by atoms with Gasteiger partial charge in [-0.05, 0) is 13.0 Å². The minimum absolute atomic E-state index is 0.0743. The third-order valence-electron chi connectivity index (χ3n) is 2.84. The highest BCUT2D eigenvalue weighted by Gasteiger charge is 2.22. The van der Waals surface area contributed by atoms with E-state index in [1.807, 2.05) is 6.92 Å². The molecule has 6 heteroatoms. The Morgan fingerprint density at radius 1 is 1.56 bits per heavy atom. The van der Waals surface area contributed by atoms with E-state index in [-0.39, 0.29) is 11.3 Å². The van der Waals surface area contributed by atoms with E-state index in [2.05, 4.69) is 4.98 Å². The van der Waals surface area contributed by atoms with Crippen LogP contribution in [0, 0.1) is 5.82 Å². The van der Waals surface area contributed by atoms with Gasteiger partial charge in [0.15, 0.2) is 5.82 Å². The first-order valence-corrected chi connectivity index (χ1v) is 5.55. The number of aromatic nitrogens is 2. The van der Waals surface area contributed by atoms with E-state index in [0.717, 1.165) is 0 Å². The molecule has 0 aliphatic carbocycles. The van der Waals surface area contributed by atoms with E-state index < -0.39 is 11.8 Å². The summed E-state index contributed by atoms with van der Waals surface area (Å²) in [5.74, 6) is -1.71. The zero-order chi connectivity index (χ0) is 13.4. The number of imidazole rings is 1. The Hall–Kier alpha value is -2.11. The fraction of sp³-hybridized carbons (Fsp3) is 0.333. The number of fused-ring (bicyclic) bond motifs is 1. The van der Waals surface area contributed by atoms with Crippen LogP contribution < -0.4 is 4.90 Å². The number of nitrogens with zero attached hydrogens (tertiary/aromatic N) is 3. The Balaban J connectivity index is 2.88. The second-order valence-corrected chi connectivity index (χ2v) is 4.18. The summed E-state index contributed by atoms with van der Waals surface area (Å²) in [6.45, 7) is 2.45. The molecular weight excluding hydrogens is 237 g/mol. The lowest BCUT2D eigenvalue weighted by atomic mass is 10.1. The summed E-state index contributed by atoms with van der Waals surface area (Å²) >= 11 is 0. The largest absolute Gasteiger partial charge is 0.478 e. The van der Waals surface area contributed by atoms with Crippen molar-refractivity contribution in [3.05, 3.63) is 23.8 Å². The fourth-order valence-electron chi connectivity index (χ4n) is 2.02. The van der Waals surface area contributed by atoms with Crippen molar-refractivity contribution in [3.8, 4) is 0 Å². The van der Waals surface area contributed by atoms with E-state index in [1.165, 1.54) is 17.3 Å². The molecule has 0 saturated carbocycles. The van der Waals surface area contributed by atoms with Gasteiger partial charge < -0.3 is 14.6 Å². The average Bonchev–Trinajstić information content (AvgIpc) is 2.71. The van der Waals surface area contributed by atoms with E-state index >= 15 is 0 Å². The third-order valence-corrected chi connectivity index (χ3v) is 2.84. The quantitative estimate of drug-likeness (QED) is 0.906. The van der Waals surface area contributed by atoms with Gasteiger partial charge in [0, 0.05) is 20.6 Å². The van der Waals surface area contributed by atoms with Gasteiger partial charge in [0.1, 0.15) is 5.52 Å². The lowest BCUT2D eigenvalue weighted by Gasteiger charge is -2.17. The molecule has 1 aromatic heterocycles. The second-order valence-electron chi connectivity index (χ2n) is 4.18. The first-order valence-electron chi connectivity index (χ1n) is 5.55. The van der Waals surface area contributed by atoms with Gasteiger partial charge in [-0.15, -0.1) is 0 Å². The summed E-state index contributed by atoms with van der Waals surface area (Å²) < 4.78 is 16.1. The van der Waals surface area contributed by atoms with Gasteiger partial charge in [-0.25, -0.2) is 14.2 Å². The predicted octanol–water partition coefficient (Wildman–Crippen LogP) is 1.96. The molecule has 1 aromatic carbocycles. The molecule has 0 amide bonds. The van der Waals surface area contributed by atoms with Crippen LogP contribution in [-0.2, 0) is 6.54 Å². The molecule has 18 heavy (non-hydrogen) atoms. The van der Waals surface area contributed by atoms with Crippen LogP contribution in [0.25, 0.3) is 11.0 Å². The molecule has 0 saturated heterocycles. The van der Waals surface area contributed by atoms with E-state index in [0.29, 0.717) is 17.6 Å². The molecular formula is C12H14FN3O2. The number of carboxylic acids is 1. The van der Waals surface area contributed by atoms with Crippen molar-refractivity contribution in [2.45, 2.75) is 13.5 Å². The summed E-state index contributed by atoms with van der Waals surface area (Å²) in [5, 5.41) is 9.13. The van der Waals surface area contributed by atoms with E-state index in [9.17, 15) is 9.18 Å². The molecule has 0 unspecified atom stereocenters. The van der Waals surface area contributed by atoms with Crippen LogP contribution in [0.3, 0.4) is 0 Å². The van der Waals surface area contributed by atoms with Crippen molar-refractivity contribution in [2.75, 3.05) is 19.0 Å². The average molecular weight is 251 g/mol. The van der Waals surface area contributed by atoms with Crippen LogP contribution in [0.4, 0.5) is 10.1 Å². The standard InChI is InChI=1S/C12H14FN3O2/c1-4-16-6-14-8-5-7(12(17)18)10(15(2)3)9(13)11(8)16/h5-6H,4H2,1-3H3,(H,17,18). The van der Waals surface area contributed by atoms with Crippen LogP contribution >= 0.6 is 0 Å². The Kier molecular flexibility index (Phi) is 2.94. The molecule has 1 heterocycles. The van der Waals surface area contributed by atoms with E-state index in [1.54, 1.807) is 18.7 Å². The van der Waals surface area contributed by atoms with Crippen LogP contribution in [0.5, 0.6) is 0 Å². The molecule has 0 radical (unpaired) electrons.